The second kappa shape index (κ2) is 6.62. The second-order valence-electron chi connectivity index (χ2n) is 6.60. The molecule has 0 radical (unpaired) electrons. The molecule has 1 aliphatic rings. The highest BCUT2D eigenvalue weighted by atomic mass is 127. The fourth-order valence-electron chi connectivity index (χ4n) is 2.90. The molecule has 0 unspecified atom stereocenters. The molecule has 3 N–H and O–H groups in total. The molecule has 0 bridgehead atoms. The lowest BCUT2D eigenvalue weighted by atomic mass is 10.1. The summed E-state index contributed by atoms with van der Waals surface area (Å²) in [5, 5.41) is 2.82. The Hall–Kier alpha value is -1.88. The summed E-state index contributed by atoms with van der Waals surface area (Å²) < 4.78 is 57.4. The molecule has 5 nitrogen and oxygen atoms in total. The highest BCUT2D eigenvalue weighted by Crippen LogP contribution is 2.38. The lowest BCUT2D eigenvalue weighted by Crippen LogP contribution is -2.18. The monoisotopic (exact) mass is 503 g/mol. The van der Waals surface area contributed by atoms with Crippen LogP contribution in [0.15, 0.2) is 30.5 Å². The Morgan fingerprint density at radius 1 is 1.19 bits per heavy atom. The van der Waals surface area contributed by atoms with E-state index in [1.807, 2.05) is 22.6 Å². The van der Waals surface area contributed by atoms with Gasteiger partial charge in [0.1, 0.15) is 11.5 Å². The number of anilines is 3. The largest absolute Gasteiger partial charge is 0.358 e. The van der Waals surface area contributed by atoms with Crippen LogP contribution in [0.2, 0.25) is 0 Å². The van der Waals surface area contributed by atoms with Gasteiger partial charge in [-0.25, -0.2) is 17.2 Å². The molecular formula is C18H16F2IN3O2S. The third-order valence-corrected chi connectivity index (χ3v) is 7.05. The van der Waals surface area contributed by atoms with Crippen LogP contribution in [0.4, 0.5) is 25.8 Å². The van der Waals surface area contributed by atoms with Crippen LogP contribution in [0.3, 0.4) is 0 Å². The van der Waals surface area contributed by atoms with Crippen LogP contribution in [0.5, 0.6) is 0 Å². The van der Waals surface area contributed by atoms with Crippen molar-refractivity contribution in [3.05, 3.63) is 51.2 Å². The standard InChI is InChI=1S/C18H16F2IN3O2S/c1-9-8-22-17-12(9)7-15(24-27(25,26)11-3-4-11)18(16(17)20)23-14-5-2-10(21)6-13(14)19/h2,5-8,11,22-24H,3-4H2,1H3. The predicted octanol–water partition coefficient (Wildman–Crippen LogP) is 5.01. The van der Waals surface area contributed by atoms with Crippen LogP contribution in [0.1, 0.15) is 18.4 Å². The Morgan fingerprint density at radius 2 is 1.93 bits per heavy atom. The normalized spacial score (nSPS) is 14.5. The van der Waals surface area contributed by atoms with E-state index in [1.165, 1.54) is 12.1 Å². The summed E-state index contributed by atoms with van der Waals surface area (Å²) in [6.45, 7) is 1.79. The molecule has 0 aliphatic heterocycles. The van der Waals surface area contributed by atoms with E-state index in [2.05, 4.69) is 15.0 Å². The average Bonchev–Trinajstić information content (AvgIpc) is 3.39. The van der Waals surface area contributed by atoms with Crippen LogP contribution in [0.25, 0.3) is 10.9 Å². The Kier molecular flexibility index (Phi) is 4.53. The number of fused-ring (bicyclic) bond motifs is 1. The minimum Gasteiger partial charge on any atom is -0.358 e. The topological polar surface area (TPSA) is 74.0 Å². The molecule has 1 aliphatic carbocycles. The lowest BCUT2D eigenvalue weighted by molar-refractivity contribution is 0.600. The predicted molar refractivity (Wildman–Crippen MR) is 111 cm³/mol. The molecule has 27 heavy (non-hydrogen) atoms. The van der Waals surface area contributed by atoms with Gasteiger partial charge in [-0.15, -0.1) is 0 Å². The number of H-pyrrole nitrogens is 1. The molecule has 2 aromatic carbocycles. The van der Waals surface area contributed by atoms with Crippen LogP contribution in [0, 0.1) is 22.1 Å². The summed E-state index contributed by atoms with van der Waals surface area (Å²) in [5.74, 6) is -1.23. The summed E-state index contributed by atoms with van der Waals surface area (Å²) in [7, 11) is -3.61. The number of benzene rings is 2. The molecule has 1 fully saturated rings. The molecule has 142 valence electrons. The Bertz CT molecular complexity index is 1160. The molecule has 9 heteroatoms. The highest BCUT2D eigenvalue weighted by molar-refractivity contribution is 14.1. The van der Waals surface area contributed by atoms with Gasteiger partial charge in [0.25, 0.3) is 0 Å². The number of aromatic amines is 1. The van der Waals surface area contributed by atoms with Gasteiger partial charge < -0.3 is 10.3 Å². The van der Waals surface area contributed by atoms with Crippen molar-refractivity contribution in [2.45, 2.75) is 25.0 Å². The van der Waals surface area contributed by atoms with E-state index in [9.17, 15) is 12.8 Å². The molecule has 3 aromatic rings. The molecule has 0 saturated heterocycles. The Labute approximate surface area is 168 Å². The first-order valence-electron chi connectivity index (χ1n) is 8.30. The van der Waals surface area contributed by atoms with E-state index < -0.39 is 26.9 Å². The van der Waals surface area contributed by atoms with Crippen molar-refractivity contribution in [3.8, 4) is 0 Å². The molecule has 0 spiro atoms. The maximum absolute atomic E-state index is 15.2. The number of nitrogens with one attached hydrogen (secondary N) is 3. The van der Waals surface area contributed by atoms with Gasteiger partial charge in [-0.05, 0) is 72.2 Å². The zero-order chi connectivity index (χ0) is 19.3. The van der Waals surface area contributed by atoms with Crippen molar-refractivity contribution in [2.75, 3.05) is 10.0 Å². The Morgan fingerprint density at radius 3 is 2.59 bits per heavy atom. The summed E-state index contributed by atoms with van der Waals surface area (Å²) in [4.78, 5) is 2.84. The van der Waals surface area contributed by atoms with E-state index in [-0.39, 0.29) is 22.6 Å². The van der Waals surface area contributed by atoms with Crippen molar-refractivity contribution in [1.82, 2.24) is 4.98 Å². The average molecular weight is 503 g/mol. The molecule has 1 heterocycles. The Balaban J connectivity index is 1.85. The van der Waals surface area contributed by atoms with Gasteiger partial charge in [0.2, 0.25) is 10.0 Å². The van der Waals surface area contributed by atoms with Gasteiger partial charge >= 0.3 is 0 Å². The summed E-state index contributed by atoms with van der Waals surface area (Å²) >= 11 is 1.97. The summed E-state index contributed by atoms with van der Waals surface area (Å²) in [6, 6.07) is 6.04. The molecule has 1 aromatic heterocycles. The third-order valence-electron chi connectivity index (χ3n) is 4.53. The van der Waals surface area contributed by atoms with Crippen molar-refractivity contribution in [3.63, 3.8) is 0 Å². The third kappa shape index (κ3) is 3.49. The van der Waals surface area contributed by atoms with Gasteiger partial charge in [0.05, 0.1) is 22.1 Å². The smallest absolute Gasteiger partial charge is 0.235 e. The van der Waals surface area contributed by atoms with Gasteiger partial charge in [-0.2, -0.15) is 0 Å². The number of aromatic nitrogens is 1. The minimum atomic E-state index is -3.61. The van der Waals surface area contributed by atoms with E-state index in [0.29, 0.717) is 21.8 Å². The maximum Gasteiger partial charge on any atom is 0.235 e. The fraction of sp³-hybridized carbons (Fsp3) is 0.222. The van der Waals surface area contributed by atoms with E-state index in [4.69, 9.17) is 0 Å². The second-order valence-corrected chi connectivity index (χ2v) is 9.81. The number of rotatable bonds is 5. The molecule has 4 rings (SSSR count). The van der Waals surface area contributed by atoms with Crippen molar-refractivity contribution in [2.24, 2.45) is 0 Å². The zero-order valence-electron chi connectivity index (χ0n) is 14.2. The molecule has 0 amide bonds. The van der Waals surface area contributed by atoms with Crippen molar-refractivity contribution >= 4 is 60.6 Å². The van der Waals surface area contributed by atoms with Crippen LogP contribution < -0.4 is 10.0 Å². The molecule has 0 atom stereocenters. The number of hydrogen-bond acceptors (Lipinski definition) is 3. The first kappa shape index (κ1) is 18.5. The quantitative estimate of drug-likeness (QED) is 0.429. The van der Waals surface area contributed by atoms with E-state index in [1.54, 1.807) is 25.3 Å². The molecular weight excluding hydrogens is 487 g/mol. The fourth-order valence-corrected chi connectivity index (χ4v) is 4.75. The van der Waals surface area contributed by atoms with Crippen molar-refractivity contribution in [1.29, 1.82) is 0 Å². The zero-order valence-corrected chi connectivity index (χ0v) is 17.2. The van der Waals surface area contributed by atoms with E-state index in [0.717, 1.165) is 5.56 Å². The number of halogens is 3. The van der Waals surface area contributed by atoms with Gasteiger partial charge in [0, 0.05) is 15.2 Å². The minimum absolute atomic E-state index is 0.0591. The van der Waals surface area contributed by atoms with Gasteiger partial charge in [-0.3, -0.25) is 4.72 Å². The van der Waals surface area contributed by atoms with Crippen molar-refractivity contribution < 1.29 is 17.2 Å². The maximum atomic E-state index is 15.2. The summed E-state index contributed by atoms with van der Waals surface area (Å²) in [6.07, 6.45) is 2.80. The number of hydrogen-bond donors (Lipinski definition) is 3. The number of aryl methyl sites for hydroxylation is 1. The first-order valence-corrected chi connectivity index (χ1v) is 10.9. The van der Waals surface area contributed by atoms with Crippen LogP contribution >= 0.6 is 22.6 Å². The number of sulfonamides is 1. The van der Waals surface area contributed by atoms with Gasteiger partial charge in [0.15, 0.2) is 5.82 Å². The summed E-state index contributed by atoms with van der Waals surface area (Å²) in [5.41, 5.74) is 1.02. The first-order chi connectivity index (χ1) is 12.8. The van der Waals surface area contributed by atoms with Crippen LogP contribution in [-0.2, 0) is 10.0 Å². The lowest BCUT2D eigenvalue weighted by Gasteiger charge is -2.16. The van der Waals surface area contributed by atoms with Gasteiger partial charge in [-0.1, -0.05) is 0 Å². The highest BCUT2D eigenvalue weighted by Gasteiger charge is 2.36. The van der Waals surface area contributed by atoms with E-state index >= 15 is 4.39 Å². The SMILES string of the molecule is Cc1c[nH]c2c(F)c(Nc3ccc(I)cc3F)c(NS(=O)(=O)C3CC3)cc12. The van der Waals surface area contributed by atoms with Crippen LogP contribution in [-0.4, -0.2) is 18.7 Å². The molecule has 1 saturated carbocycles.